The molecule has 1 spiro atoms. The van der Waals surface area contributed by atoms with E-state index < -0.39 is 22.6 Å². The molecular formula is C35H43BrN4O4S. The van der Waals surface area contributed by atoms with Gasteiger partial charge in [-0.15, -0.1) is 24.9 Å². The van der Waals surface area contributed by atoms with E-state index in [0.717, 1.165) is 24.3 Å². The Labute approximate surface area is 279 Å². The molecule has 3 unspecified atom stereocenters. The van der Waals surface area contributed by atoms with E-state index in [2.05, 4.69) is 47.8 Å². The van der Waals surface area contributed by atoms with Crippen LogP contribution in [0, 0.1) is 11.8 Å². The van der Waals surface area contributed by atoms with Crippen molar-refractivity contribution in [3.8, 4) is 0 Å². The Morgan fingerprint density at radius 1 is 1.02 bits per heavy atom. The predicted octanol–water partition coefficient (Wildman–Crippen LogP) is 4.72. The Balaban J connectivity index is 1.51. The van der Waals surface area contributed by atoms with Crippen LogP contribution < -0.4 is 9.80 Å². The number of carbonyl (C=O) groups is 3. The lowest BCUT2D eigenvalue weighted by molar-refractivity contribution is -0.144. The lowest BCUT2D eigenvalue weighted by atomic mass is 9.70. The summed E-state index contributed by atoms with van der Waals surface area (Å²) in [5.41, 5.74) is 2.78. The lowest BCUT2D eigenvalue weighted by Gasteiger charge is -2.38. The van der Waals surface area contributed by atoms with Crippen LogP contribution in [0.2, 0.25) is 0 Å². The van der Waals surface area contributed by atoms with Crippen LogP contribution in [0.1, 0.15) is 25.8 Å². The van der Waals surface area contributed by atoms with Gasteiger partial charge in [0.15, 0.2) is 0 Å². The van der Waals surface area contributed by atoms with Gasteiger partial charge >= 0.3 is 0 Å². The molecule has 0 aliphatic carbocycles. The van der Waals surface area contributed by atoms with Crippen molar-refractivity contribution in [3.63, 3.8) is 0 Å². The molecule has 0 aromatic heterocycles. The maximum atomic E-state index is 14.7. The van der Waals surface area contributed by atoms with Gasteiger partial charge in [0, 0.05) is 60.7 Å². The fraction of sp³-hybridized carbons (Fsp3) is 0.457. The van der Waals surface area contributed by atoms with E-state index >= 15 is 0 Å². The third-order valence-electron chi connectivity index (χ3n) is 9.39. The number of rotatable bonds is 14. The van der Waals surface area contributed by atoms with Gasteiger partial charge in [-0.2, -0.15) is 0 Å². The molecule has 3 aliphatic heterocycles. The fourth-order valence-electron chi connectivity index (χ4n) is 7.47. The fourth-order valence-corrected chi connectivity index (χ4v) is 11.1. The summed E-state index contributed by atoms with van der Waals surface area (Å²) in [7, 11) is 0. The van der Waals surface area contributed by atoms with Crippen molar-refractivity contribution in [2.24, 2.45) is 11.8 Å². The van der Waals surface area contributed by atoms with Gasteiger partial charge in [0.2, 0.25) is 11.8 Å². The van der Waals surface area contributed by atoms with Crippen LogP contribution in [0.15, 0.2) is 79.9 Å². The highest BCUT2D eigenvalue weighted by molar-refractivity contribution is 9.09. The zero-order valence-electron chi connectivity index (χ0n) is 26.1. The molecule has 3 aliphatic rings. The SMILES string of the molecule is C=CCN(Cc1ccccc1)C(=O)[C@H]1[C@H]2C(=O)N(CCO)C(C(=O)N(CC=C)c3ccc(N(CC)CC)cc3)C23CC(Br)[C@@H]1S3. The topological polar surface area (TPSA) is 84.4 Å². The second kappa shape index (κ2) is 14.1. The summed E-state index contributed by atoms with van der Waals surface area (Å²) >= 11 is 5.46. The standard InChI is InChI=1S/C35H43BrN4O4S/c1-5-18-38(23-24-12-10-9-11-13-24)32(42)28-29-33(43)40(20-21-41)31(35(29)22-27(36)30(28)45-35)34(44)39(19-6-2)26-16-14-25(15-17-26)37(7-3)8-4/h5-6,9-17,27-31,41H,1-2,7-8,18-23H2,3-4H3/t27?,28-,29-,30-,31?,35?/m0/s1. The quantitative estimate of drug-likeness (QED) is 0.228. The molecule has 3 heterocycles. The van der Waals surface area contributed by atoms with Crippen LogP contribution in [0.25, 0.3) is 0 Å². The summed E-state index contributed by atoms with van der Waals surface area (Å²) in [5, 5.41) is 9.91. The highest BCUT2D eigenvalue weighted by Gasteiger charge is 2.76. The van der Waals surface area contributed by atoms with Crippen molar-refractivity contribution < 1.29 is 19.5 Å². The second-order valence-corrected chi connectivity index (χ2v) is 14.6. The molecule has 5 rings (SSSR count). The van der Waals surface area contributed by atoms with Crippen LogP contribution >= 0.6 is 27.7 Å². The van der Waals surface area contributed by atoms with E-state index in [9.17, 15) is 19.5 Å². The summed E-state index contributed by atoms with van der Waals surface area (Å²) < 4.78 is -0.810. The number of halogens is 1. The molecule has 6 atom stereocenters. The van der Waals surface area contributed by atoms with Crippen LogP contribution in [0.3, 0.4) is 0 Å². The van der Waals surface area contributed by atoms with E-state index in [1.54, 1.807) is 33.7 Å². The normalized spacial score (nSPS) is 26.4. The number of aliphatic hydroxyl groups excluding tert-OH is 1. The van der Waals surface area contributed by atoms with E-state index in [1.807, 2.05) is 54.6 Å². The number of alkyl halides is 1. The number of benzene rings is 2. The highest BCUT2D eigenvalue weighted by atomic mass is 79.9. The van der Waals surface area contributed by atoms with Gasteiger partial charge in [0.1, 0.15) is 6.04 Å². The molecule has 0 saturated carbocycles. The molecule has 240 valence electrons. The molecule has 0 radical (unpaired) electrons. The van der Waals surface area contributed by atoms with E-state index in [4.69, 9.17) is 0 Å². The van der Waals surface area contributed by atoms with Crippen molar-refractivity contribution in [3.05, 3.63) is 85.5 Å². The van der Waals surface area contributed by atoms with Crippen LogP contribution in [0.4, 0.5) is 11.4 Å². The number of carbonyl (C=O) groups excluding carboxylic acids is 3. The van der Waals surface area contributed by atoms with Gasteiger partial charge in [0.05, 0.1) is 23.2 Å². The number of nitrogens with zero attached hydrogens (tertiary/aromatic N) is 4. The maximum absolute atomic E-state index is 14.7. The van der Waals surface area contributed by atoms with Crippen molar-refractivity contribution >= 4 is 56.8 Å². The summed E-state index contributed by atoms with van der Waals surface area (Å²) in [6, 6.07) is 16.9. The molecule has 2 aromatic carbocycles. The third-order valence-corrected chi connectivity index (χ3v) is 12.6. The molecule has 45 heavy (non-hydrogen) atoms. The van der Waals surface area contributed by atoms with Gasteiger partial charge in [0.25, 0.3) is 5.91 Å². The average Bonchev–Trinajstić information content (AvgIpc) is 3.64. The molecule has 3 fully saturated rings. The summed E-state index contributed by atoms with van der Waals surface area (Å²) in [6.45, 7) is 14.5. The minimum absolute atomic E-state index is 0.0236. The number of thioether (sulfide) groups is 1. The zero-order valence-corrected chi connectivity index (χ0v) is 28.5. The van der Waals surface area contributed by atoms with Crippen molar-refractivity contribution in [2.75, 3.05) is 49.1 Å². The summed E-state index contributed by atoms with van der Waals surface area (Å²) in [4.78, 5) is 50.7. The van der Waals surface area contributed by atoms with Gasteiger partial charge in [-0.3, -0.25) is 14.4 Å². The Morgan fingerprint density at radius 2 is 1.67 bits per heavy atom. The minimum atomic E-state index is -0.834. The number of amides is 3. The first-order valence-corrected chi connectivity index (χ1v) is 17.5. The first kappa shape index (κ1) is 33.3. The van der Waals surface area contributed by atoms with E-state index in [1.165, 1.54) is 4.90 Å². The molecule has 2 bridgehead atoms. The smallest absolute Gasteiger partial charge is 0.251 e. The predicted molar refractivity (Wildman–Crippen MR) is 186 cm³/mol. The van der Waals surface area contributed by atoms with Crippen LogP contribution in [0.5, 0.6) is 0 Å². The number of β-amino-alcohol motifs (C(OH)–C–C–N with tert-alkyl or cyclic N) is 1. The molecule has 3 saturated heterocycles. The molecule has 2 aromatic rings. The van der Waals surface area contributed by atoms with E-state index in [0.29, 0.717) is 25.2 Å². The number of anilines is 2. The van der Waals surface area contributed by atoms with Gasteiger partial charge in [-0.1, -0.05) is 58.4 Å². The molecule has 3 amide bonds. The number of hydrogen-bond donors (Lipinski definition) is 1. The van der Waals surface area contributed by atoms with E-state index in [-0.39, 0.29) is 47.5 Å². The van der Waals surface area contributed by atoms with Gasteiger partial charge in [-0.05, 0) is 50.1 Å². The highest BCUT2D eigenvalue weighted by Crippen LogP contribution is 2.68. The first-order valence-electron chi connectivity index (χ1n) is 15.7. The number of fused-ring (bicyclic) bond motifs is 1. The molecule has 10 heteroatoms. The van der Waals surface area contributed by atoms with Crippen molar-refractivity contribution in [1.29, 1.82) is 0 Å². The zero-order chi connectivity index (χ0) is 32.3. The molecule has 1 N–H and O–H groups in total. The monoisotopic (exact) mass is 694 g/mol. The number of aliphatic hydroxyl groups is 1. The lowest BCUT2D eigenvalue weighted by Crippen LogP contribution is -2.56. The van der Waals surface area contributed by atoms with Gasteiger partial charge in [-0.25, -0.2) is 0 Å². The average molecular weight is 696 g/mol. The summed E-state index contributed by atoms with van der Waals surface area (Å²) in [5.74, 6) is -1.84. The van der Waals surface area contributed by atoms with Gasteiger partial charge < -0.3 is 24.7 Å². The maximum Gasteiger partial charge on any atom is 0.251 e. The molecular weight excluding hydrogens is 652 g/mol. The minimum Gasteiger partial charge on any atom is -0.395 e. The third kappa shape index (κ3) is 5.97. The Morgan fingerprint density at radius 3 is 2.27 bits per heavy atom. The van der Waals surface area contributed by atoms with Crippen LogP contribution in [-0.2, 0) is 20.9 Å². The first-order chi connectivity index (χ1) is 21.8. The number of likely N-dealkylation sites (tertiary alicyclic amines) is 1. The Kier molecular flexibility index (Phi) is 10.5. The largest absolute Gasteiger partial charge is 0.395 e. The summed E-state index contributed by atoms with van der Waals surface area (Å²) in [6.07, 6.45) is 3.97. The molecule has 8 nitrogen and oxygen atoms in total. The Hall–Kier alpha value is -3.08. The second-order valence-electron chi connectivity index (χ2n) is 11.8. The van der Waals surface area contributed by atoms with Crippen molar-refractivity contribution in [1.82, 2.24) is 9.80 Å². The Bertz CT molecular complexity index is 1400. The number of hydrogen-bond acceptors (Lipinski definition) is 6. The van der Waals surface area contributed by atoms with Crippen molar-refractivity contribution in [2.45, 2.75) is 47.7 Å². The van der Waals surface area contributed by atoms with Crippen LogP contribution in [-0.4, -0.2) is 92.8 Å².